The molecule has 0 radical (unpaired) electrons. The van der Waals surface area contributed by atoms with Crippen LogP contribution in [0.2, 0.25) is 0 Å². The predicted octanol–water partition coefficient (Wildman–Crippen LogP) is 3.30. The van der Waals surface area contributed by atoms with Gasteiger partial charge in [0.05, 0.1) is 0 Å². The molecule has 3 heteroatoms. The highest BCUT2D eigenvalue weighted by Gasteiger charge is 2.29. The number of nitrogens with zero attached hydrogens (tertiary/aromatic N) is 1. The molecule has 1 aromatic carbocycles. The minimum Gasteiger partial charge on any atom is -0.461 e. The van der Waals surface area contributed by atoms with Gasteiger partial charge in [-0.1, -0.05) is 24.6 Å². The summed E-state index contributed by atoms with van der Waals surface area (Å²) < 4.78 is 5.86. The van der Waals surface area contributed by atoms with Crippen molar-refractivity contribution in [3.63, 3.8) is 0 Å². The highest BCUT2D eigenvalue weighted by Crippen LogP contribution is 2.32. The van der Waals surface area contributed by atoms with Crippen LogP contribution in [0.1, 0.15) is 30.6 Å². The third-order valence-corrected chi connectivity index (χ3v) is 4.80. The predicted molar refractivity (Wildman–Crippen MR) is 82.6 cm³/mol. The lowest BCUT2D eigenvalue weighted by molar-refractivity contribution is 0.192. The zero-order chi connectivity index (χ0) is 14.1. The van der Waals surface area contributed by atoms with E-state index in [0.717, 1.165) is 24.4 Å². The zero-order valence-electron chi connectivity index (χ0n) is 12.4. The van der Waals surface area contributed by atoms with Crippen molar-refractivity contribution in [3.8, 4) is 0 Å². The van der Waals surface area contributed by atoms with E-state index in [1.54, 1.807) is 0 Å². The monoisotopic (exact) mass is 272 g/mol. The van der Waals surface area contributed by atoms with E-state index in [9.17, 15) is 0 Å². The summed E-state index contributed by atoms with van der Waals surface area (Å²) in [5.74, 6) is 1.69. The van der Waals surface area contributed by atoms with Crippen LogP contribution in [0.4, 0.5) is 0 Å². The second-order valence-electron chi connectivity index (χ2n) is 6.04. The van der Waals surface area contributed by atoms with Crippen molar-refractivity contribution in [2.24, 2.45) is 11.7 Å². The Morgan fingerprint density at radius 3 is 2.90 bits per heavy atom. The first-order valence-corrected chi connectivity index (χ1v) is 7.58. The summed E-state index contributed by atoms with van der Waals surface area (Å²) in [5.41, 5.74) is 8.23. The fraction of sp³-hybridized carbons (Fsp3) is 0.529. The maximum atomic E-state index is 5.91. The lowest BCUT2D eigenvalue weighted by Crippen LogP contribution is -2.37. The summed E-state index contributed by atoms with van der Waals surface area (Å²) in [6, 6.07) is 8.93. The van der Waals surface area contributed by atoms with Gasteiger partial charge in [0.2, 0.25) is 0 Å². The number of aryl methyl sites for hydroxylation is 1. The van der Waals surface area contributed by atoms with Crippen molar-refractivity contribution in [2.45, 2.75) is 38.8 Å². The van der Waals surface area contributed by atoms with E-state index < -0.39 is 0 Å². The van der Waals surface area contributed by atoms with Crippen molar-refractivity contribution < 1.29 is 4.42 Å². The van der Waals surface area contributed by atoms with E-state index in [0.29, 0.717) is 12.0 Å². The second kappa shape index (κ2) is 5.58. The van der Waals surface area contributed by atoms with Gasteiger partial charge in [0.1, 0.15) is 11.3 Å². The molecule has 2 unspecified atom stereocenters. The molecule has 0 bridgehead atoms. The van der Waals surface area contributed by atoms with E-state index in [-0.39, 0.29) is 0 Å². The molecule has 1 heterocycles. The van der Waals surface area contributed by atoms with Crippen molar-refractivity contribution >= 4 is 11.0 Å². The molecule has 1 aliphatic rings. The highest BCUT2D eigenvalue weighted by atomic mass is 16.3. The molecule has 0 saturated heterocycles. The van der Waals surface area contributed by atoms with Crippen molar-refractivity contribution in [1.82, 2.24) is 4.90 Å². The van der Waals surface area contributed by atoms with Gasteiger partial charge in [-0.3, -0.25) is 4.90 Å². The van der Waals surface area contributed by atoms with E-state index in [1.807, 2.05) is 12.1 Å². The lowest BCUT2D eigenvalue weighted by atomic mass is 10.0. The summed E-state index contributed by atoms with van der Waals surface area (Å²) in [7, 11) is 2.22. The molecule has 3 nitrogen and oxygen atoms in total. The van der Waals surface area contributed by atoms with Crippen LogP contribution < -0.4 is 5.73 Å². The normalized spacial score (nSPS) is 23.0. The molecule has 1 fully saturated rings. The Morgan fingerprint density at radius 1 is 1.30 bits per heavy atom. The number of rotatable bonds is 4. The molecule has 1 aromatic heterocycles. The molecule has 108 valence electrons. The number of fused-ring (bicyclic) bond motifs is 1. The van der Waals surface area contributed by atoms with E-state index in [1.165, 1.54) is 30.2 Å². The molecular weight excluding hydrogens is 248 g/mol. The number of para-hydroxylation sites is 1. The van der Waals surface area contributed by atoms with Crippen LogP contribution in [0.25, 0.3) is 11.0 Å². The second-order valence-corrected chi connectivity index (χ2v) is 6.04. The minimum atomic E-state index is 0.619. The quantitative estimate of drug-likeness (QED) is 0.928. The first kappa shape index (κ1) is 13.7. The molecule has 0 aliphatic heterocycles. The number of furan rings is 1. The SMILES string of the molecule is Cc1oc2ccccc2c1CN(C)C1CCCC1CN. The standard InChI is InChI=1S/C17H24N2O/c1-12-15(14-7-3-4-9-17(14)20-12)11-19(2)16-8-5-6-13(16)10-18/h3-4,7,9,13,16H,5-6,8,10-11,18H2,1-2H3. The van der Waals surface area contributed by atoms with Crippen molar-refractivity contribution in [1.29, 1.82) is 0 Å². The Morgan fingerprint density at radius 2 is 2.10 bits per heavy atom. The number of hydrogen-bond acceptors (Lipinski definition) is 3. The van der Waals surface area contributed by atoms with Gasteiger partial charge in [0, 0.05) is 23.5 Å². The molecule has 20 heavy (non-hydrogen) atoms. The van der Waals surface area contributed by atoms with Gasteiger partial charge < -0.3 is 10.2 Å². The smallest absolute Gasteiger partial charge is 0.134 e. The maximum absolute atomic E-state index is 5.91. The van der Waals surface area contributed by atoms with Crippen LogP contribution in [-0.4, -0.2) is 24.5 Å². The van der Waals surface area contributed by atoms with Crippen LogP contribution in [0, 0.1) is 12.8 Å². The Kier molecular flexibility index (Phi) is 3.81. The van der Waals surface area contributed by atoms with Gasteiger partial charge in [-0.2, -0.15) is 0 Å². The average molecular weight is 272 g/mol. The zero-order valence-corrected chi connectivity index (χ0v) is 12.4. The summed E-state index contributed by atoms with van der Waals surface area (Å²) >= 11 is 0. The van der Waals surface area contributed by atoms with Crippen LogP contribution in [0.5, 0.6) is 0 Å². The first-order chi connectivity index (χ1) is 9.70. The van der Waals surface area contributed by atoms with Crippen LogP contribution in [-0.2, 0) is 6.54 Å². The summed E-state index contributed by atoms with van der Waals surface area (Å²) in [4.78, 5) is 2.47. The van der Waals surface area contributed by atoms with E-state index in [2.05, 4.69) is 31.0 Å². The fourth-order valence-electron chi connectivity index (χ4n) is 3.66. The Labute approximate surface area is 120 Å². The third-order valence-electron chi connectivity index (χ3n) is 4.80. The molecular formula is C17H24N2O. The molecule has 1 aliphatic carbocycles. The van der Waals surface area contributed by atoms with Crippen LogP contribution >= 0.6 is 0 Å². The number of hydrogen-bond donors (Lipinski definition) is 1. The lowest BCUT2D eigenvalue weighted by Gasteiger charge is -2.29. The average Bonchev–Trinajstić information content (AvgIpc) is 3.04. The van der Waals surface area contributed by atoms with Gasteiger partial charge in [0.15, 0.2) is 0 Å². The van der Waals surface area contributed by atoms with E-state index in [4.69, 9.17) is 10.2 Å². The van der Waals surface area contributed by atoms with Crippen LogP contribution in [0.3, 0.4) is 0 Å². The first-order valence-electron chi connectivity index (χ1n) is 7.58. The molecule has 0 spiro atoms. The largest absolute Gasteiger partial charge is 0.461 e. The van der Waals surface area contributed by atoms with Crippen molar-refractivity contribution in [3.05, 3.63) is 35.6 Å². The van der Waals surface area contributed by atoms with Gasteiger partial charge in [-0.05, 0) is 45.3 Å². The molecule has 2 aromatic rings. The Balaban J connectivity index is 1.84. The summed E-state index contributed by atoms with van der Waals surface area (Å²) in [5, 5.41) is 1.25. The molecule has 3 rings (SSSR count). The Bertz CT molecular complexity index is 590. The summed E-state index contributed by atoms with van der Waals surface area (Å²) in [6.45, 7) is 3.82. The molecule has 2 N–H and O–H groups in total. The van der Waals surface area contributed by atoms with Gasteiger partial charge in [-0.25, -0.2) is 0 Å². The number of benzene rings is 1. The third kappa shape index (κ3) is 2.36. The summed E-state index contributed by atoms with van der Waals surface area (Å²) in [6.07, 6.45) is 3.85. The van der Waals surface area contributed by atoms with Crippen molar-refractivity contribution in [2.75, 3.05) is 13.6 Å². The highest BCUT2D eigenvalue weighted by molar-refractivity contribution is 5.82. The van der Waals surface area contributed by atoms with Gasteiger partial charge in [0.25, 0.3) is 0 Å². The maximum Gasteiger partial charge on any atom is 0.134 e. The topological polar surface area (TPSA) is 42.4 Å². The number of nitrogens with two attached hydrogens (primary N) is 1. The molecule has 1 saturated carbocycles. The fourth-order valence-corrected chi connectivity index (χ4v) is 3.66. The van der Waals surface area contributed by atoms with Gasteiger partial charge >= 0.3 is 0 Å². The molecule has 2 atom stereocenters. The van der Waals surface area contributed by atoms with Crippen LogP contribution in [0.15, 0.2) is 28.7 Å². The van der Waals surface area contributed by atoms with Gasteiger partial charge in [-0.15, -0.1) is 0 Å². The van der Waals surface area contributed by atoms with E-state index >= 15 is 0 Å². The Hall–Kier alpha value is -1.32. The molecule has 0 amide bonds. The minimum absolute atomic E-state index is 0.619.